The van der Waals surface area contributed by atoms with Crippen LogP contribution in [-0.2, 0) is 16.0 Å². The van der Waals surface area contributed by atoms with Gasteiger partial charge in [-0.25, -0.2) is 0 Å². The maximum Gasteiger partial charge on any atom is 0.145 e. The predicted octanol–water partition coefficient (Wildman–Crippen LogP) is 4.02. The molecule has 122 valence electrons. The molecule has 23 heavy (non-hydrogen) atoms. The van der Waals surface area contributed by atoms with E-state index in [1.807, 2.05) is 0 Å². The molecule has 4 aliphatic carbocycles. The van der Waals surface area contributed by atoms with Gasteiger partial charge in [0.1, 0.15) is 11.6 Å². The number of Topliss-reactive ketones (excluding diaryl/α,β-unsaturated/α-hetero) is 2. The number of carbonyl (C=O) groups excluding carboxylic acids is 2. The minimum atomic E-state index is -0.372. The Labute approximate surface area is 156 Å². The van der Waals surface area contributed by atoms with Gasteiger partial charge in [-0.3, -0.25) is 9.59 Å². The molecule has 1 aromatic rings. The van der Waals surface area contributed by atoms with Gasteiger partial charge in [0.25, 0.3) is 0 Å². The largest absolute Gasteiger partial charge is 0.299 e. The van der Waals surface area contributed by atoms with Gasteiger partial charge in [0, 0.05) is 37.7 Å². The Hall–Kier alpha value is -0.000000000000000194. The number of aryl methyl sites for hydroxylation is 1. The quantitative estimate of drug-likeness (QED) is 0.642. The van der Waals surface area contributed by atoms with Gasteiger partial charge in [0.2, 0.25) is 0 Å². The molecule has 0 unspecified atom stereocenters. The van der Waals surface area contributed by atoms with Crippen LogP contribution in [0, 0.1) is 47.8 Å². The summed E-state index contributed by atoms with van der Waals surface area (Å²) in [7, 11) is 0. The number of ketones is 2. The van der Waals surface area contributed by atoms with Gasteiger partial charge >= 0.3 is 0 Å². The molecule has 0 saturated heterocycles. The summed E-state index contributed by atoms with van der Waals surface area (Å²) in [6.45, 7) is 2.10. The minimum Gasteiger partial charge on any atom is -0.299 e. The van der Waals surface area contributed by atoms with E-state index < -0.39 is 0 Å². The first-order valence-electron chi connectivity index (χ1n) is 8.34. The van der Waals surface area contributed by atoms with E-state index in [2.05, 4.69) is 50.9 Å². The van der Waals surface area contributed by atoms with Crippen molar-refractivity contribution in [3.63, 3.8) is 0 Å². The molecule has 1 aromatic heterocycles. The van der Waals surface area contributed by atoms with E-state index in [0.717, 1.165) is 12.8 Å². The molecular weight excluding hydrogens is 440 g/mol. The van der Waals surface area contributed by atoms with Crippen molar-refractivity contribution in [2.45, 2.75) is 24.6 Å². The van der Waals surface area contributed by atoms with E-state index in [4.69, 9.17) is 0 Å². The molecule has 0 spiro atoms. The van der Waals surface area contributed by atoms with Crippen molar-refractivity contribution in [1.29, 1.82) is 0 Å². The lowest BCUT2D eigenvalue weighted by Gasteiger charge is -2.41. The van der Waals surface area contributed by atoms with E-state index in [0.29, 0.717) is 39.5 Å². The first-order chi connectivity index (χ1) is 11.0. The number of carbonyl (C=O) groups is 2. The minimum absolute atomic E-state index is 0.0511. The van der Waals surface area contributed by atoms with Crippen LogP contribution in [0.2, 0.25) is 0 Å². The number of hydrogen-bond acceptors (Lipinski definition) is 3. The van der Waals surface area contributed by atoms with Crippen LogP contribution < -0.4 is 0 Å². The highest BCUT2D eigenvalue weighted by atomic mass is 79.9. The highest BCUT2D eigenvalue weighted by Gasteiger charge is 2.80. The average molecular weight is 458 g/mol. The number of rotatable bonds is 3. The molecule has 4 fully saturated rings. The zero-order valence-corrected chi connectivity index (χ0v) is 16.8. The van der Waals surface area contributed by atoms with Crippen molar-refractivity contribution in [3.05, 3.63) is 21.9 Å². The van der Waals surface area contributed by atoms with Gasteiger partial charge in [-0.15, -0.1) is 11.3 Å². The number of hydrogen-bond donors (Lipinski definition) is 0. The maximum absolute atomic E-state index is 13.4. The number of fused-ring (bicyclic) bond motifs is 4. The maximum atomic E-state index is 13.4. The fraction of sp³-hybridized carbons (Fsp3) is 0.667. The first-order valence-corrected chi connectivity index (χ1v) is 11.2. The van der Waals surface area contributed by atoms with Gasteiger partial charge in [-0.1, -0.05) is 31.9 Å². The standard InChI is InChI=1S/C18H18Br2O2S/c1-7-2-3-8(23-7)4-9-12-13-11-5-10(15(13)20)14(16(9)21)18(11,6-19)17(12)22/h2-3,9-15H,4-6H2,1H3/t9-,10+,11+,12-,13-,14-,15+,18-/m0/s1. The molecule has 0 radical (unpaired) electrons. The monoisotopic (exact) mass is 456 g/mol. The Morgan fingerprint density at radius 3 is 2.78 bits per heavy atom. The molecule has 5 heteroatoms. The van der Waals surface area contributed by atoms with E-state index in [1.165, 1.54) is 9.75 Å². The van der Waals surface area contributed by atoms with E-state index >= 15 is 0 Å². The third-order valence-electron chi connectivity index (χ3n) is 7.13. The summed E-state index contributed by atoms with van der Waals surface area (Å²) in [6.07, 6.45) is 1.83. The van der Waals surface area contributed by atoms with Crippen molar-refractivity contribution in [1.82, 2.24) is 0 Å². The lowest BCUT2D eigenvalue weighted by molar-refractivity contribution is -0.148. The molecule has 4 bridgehead atoms. The lowest BCUT2D eigenvalue weighted by atomic mass is 9.62. The van der Waals surface area contributed by atoms with Crippen molar-refractivity contribution >= 4 is 54.8 Å². The van der Waals surface area contributed by atoms with E-state index in [-0.39, 0.29) is 23.2 Å². The number of alkyl halides is 2. The molecule has 1 heterocycles. The summed E-state index contributed by atoms with van der Waals surface area (Å²) >= 11 is 9.26. The normalized spacial score (nSPS) is 49.6. The Morgan fingerprint density at radius 2 is 2.13 bits per heavy atom. The topological polar surface area (TPSA) is 34.1 Å². The Bertz CT molecular complexity index is 728. The van der Waals surface area contributed by atoms with Gasteiger partial charge in [-0.2, -0.15) is 0 Å². The molecule has 0 aromatic carbocycles. The van der Waals surface area contributed by atoms with Crippen molar-refractivity contribution in [2.24, 2.45) is 40.9 Å². The van der Waals surface area contributed by atoms with Crippen molar-refractivity contribution < 1.29 is 9.59 Å². The van der Waals surface area contributed by atoms with Crippen LogP contribution in [0.1, 0.15) is 16.2 Å². The third-order valence-corrected chi connectivity index (χ3v) is 10.4. The summed E-state index contributed by atoms with van der Waals surface area (Å²) in [5.74, 6) is 1.76. The lowest BCUT2D eigenvalue weighted by Crippen LogP contribution is -2.52. The Kier molecular flexibility index (Phi) is 3.18. The Morgan fingerprint density at radius 1 is 1.35 bits per heavy atom. The van der Waals surface area contributed by atoms with Crippen molar-refractivity contribution in [2.75, 3.05) is 5.33 Å². The number of halogens is 2. The van der Waals surface area contributed by atoms with Gasteiger partial charge in [0.15, 0.2) is 0 Å². The van der Waals surface area contributed by atoms with E-state index in [9.17, 15) is 9.59 Å². The van der Waals surface area contributed by atoms with Gasteiger partial charge in [-0.05, 0) is 49.7 Å². The van der Waals surface area contributed by atoms with Crippen LogP contribution in [0.25, 0.3) is 0 Å². The first kappa shape index (κ1) is 15.3. The fourth-order valence-corrected chi connectivity index (χ4v) is 9.66. The van der Waals surface area contributed by atoms with Crippen LogP contribution in [-0.4, -0.2) is 21.7 Å². The summed E-state index contributed by atoms with van der Waals surface area (Å²) in [4.78, 5) is 29.6. The highest BCUT2D eigenvalue weighted by Crippen LogP contribution is 2.75. The second-order valence-corrected chi connectivity index (χ2v) is 10.8. The van der Waals surface area contributed by atoms with Crippen LogP contribution >= 0.6 is 43.2 Å². The number of thiophene rings is 1. The van der Waals surface area contributed by atoms with Crippen molar-refractivity contribution in [3.8, 4) is 0 Å². The van der Waals surface area contributed by atoms with Gasteiger partial charge in [0.05, 0.1) is 5.41 Å². The van der Waals surface area contributed by atoms with E-state index in [1.54, 1.807) is 11.3 Å². The molecule has 0 N–H and O–H groups in total. The molecule has 8 atom stereocenters. The molecule has 0 aliphatic heterocycles. The Balaban J connectivity index is 1.60. The molecule has 5 rings (SSSR count). The second kappa shape index (κ2) is 4.79. The summed E-state index contributed by atoms with van der Waals surface area (Å²) < 4.78 is 0. The fourth-order valence-electron chi connectivity index (χ4n) is 6.45. The smallest absolute Gasteiger partial charge is 0.145 e. The third kappa shape index (κ3) is 1.61. The molecule has 4 aliphatic rings. The zero-order valence-electron chi connectivity index (χ0n) is 12.8. The van der Waals surface area contributed by atoms with Crippen LogP contribution in [0.3, 0.4) is 0 Å². The SMILES string of the molecule is Cc1ccc(C[C@@H]2C(=O)[C@@H]3[C@H]4C[C@@H]5[C@H]([C@@H]4Br)[C@H]2C(=O)[C@@]53CBr)s1. The average Bonchev–Trinajstić information content (AvgIpc) is 3.18. The molecular formula is C18H18Br2O2S. The van der Waals surface area contributed by atoms with Gasteiger partial charge < -0.3 is 0 Å². The van der Waals surface area contributed by atoms with Crippen LogP contribution in [0.4, 0.5) is 0 Å². The van der Waals surface area contributed by atoms with Crippen LogP contribution in [0.15, 0.2) is 12.1 Å². The second-order valence-electron chi connectivity index (χ2n) is 7.79. The summed E-state index contributed by atoms with van der Waals surface area (Å²) in [6, 6.07) is 4.25. The zero-order chi connectivity index (χ0) is 16.1. The predicted molar refractivity (Wildman–Crippen MR) is 97.3 cm³/mol. The highest BCUT2D eigenvalue weighted by molar-refractivity contribution is 9.09. The molecule has 2 nitrogen and oxygen atoms in total. The van der Waals surface area contributed by atoms with Crippen LogP contribution in [0.5, 0.6) is 0 Å². The summed E-state index contributed by atoms with van der Waals surface area (Å²) in [5.41, 5.74) is -0.372. The molecule has 4 saturated carbocycles. The molecule has 0 amide bonds. The summed E-state index contributed by atoms with van der Waals surface area (Å²) in [5, 5.41) is 0.675.